The van der Waals surface area contributed by atoms with Gasteiger partial charge in [-0.3, -0.25) is 5.43 Å². The number of benzene rings is 1. The SMILES string of the molecule is C=NNc1nc(Nc2ccccc2)c(C(=O)O)cc1C#N. The molecular formula is C14H11N5O2. The van der Waals surface area contributed by atoms with E-state index in [-0.39, 0.29) is 22.8 Å². The van der Waals surface area contributed by atoms with Crippen LogP contribution in [0, 0.1) is 11.3 Å². The summed E-state index contributed by atoms with van der Waals surface area (Å²) in [7, 11) is 0. The zero-order valence-electron chi connectivity index (χ0n) is 10.9. The molecule has 0 fully saturated rings. The largest absolute Gasteiger partial charge is 0.478 e. The van der Waals surface area contributed by atoms with Crippen molar-refractivity contribution in [2.45, 2.75) is 0 Å². The van der Waals surface area contributed by atoms with Gasteiger partial charge < -0.3 is 10.4 Å². The lowest BCUT2D eigenvalue weighted by molar-refractivity contribution is 0.0697. The fraction of sp³-hybridized carbons (Fsp3) is 0. The summed E-state index contributed by atoms with van der Waals surface area (Å²) in [5.74, 6) is -0.940. The zero-order chi connectivity index (χ0) is 15.2. The van der Waals surface area contributed by atoms with Crippen LogP contribution >= 0.6 is 0 Å². The van der Waals surface area contributed by atoms with Crippen molar-refractivity contribution >= 4 is 30.0 Å². The fourth-order valence-corrected chi connectivity index (χ4v) is 1.68. The smallest absolute Gasteiger partial charge is 0.339 e. The summed E-state index contributed by atoms with van der Waals surface area (Å²) >= 11 is 0. The quantitative estimate of drug-likeness (QED) is 0.573. The van der Waals surface area contributed by atoms with Crippen LogP contribution in [0.1, 0.15) is 15.9 Å². The van der Waals surface area contributed by atoms with Gasteiger partial charge in [-0.25, -0.2) is 9.78 Å². The van der Waals surface area contributed by atoms with Crippen LogP contribution in [0.4, 0.5) is 17.3 Å². The molecule has 0 spiro atoms. The highest BCUT2D eigenvalue weighted by Gasteiger charge is 2.17. The Morgan fingerprint density at radius 3 is 2.62 bits per heavy atom. The molecule has 0 aliphatic carbocycles. The van der Waals surface area contributed by atoms with E-state index in [2.05, 4.69) is 27.5 Å². The van der Waals surface area contributed by atoms with Crippen molar-refractivity contribution in [1.29, 1.82) is 5.26 Å². The van der Waals surface area contributed by atoms with Gasteiger partial charge in [0.1, 0.15) is 17.5 Å². The summed E-state index contributed by atoms with van der Waals surface area (Å²) in [4.78, 5) is 15.4. The molecule has 7 heteroatoms. The predicted molar refractivity (Wildman–Crippen MR) is 78.8 cm³/mol. The molecule has 7 nitrogen and oxygen atoms in total. The van der Waals surface area contributed by atoms with E-state index in [9.17, 15) is 9.90 Å². The molecule has 1 heterocycles. The molecule has 2 rings (SSSR count). The van der Waals surface area contributed by atoms with Gasteiger partial charge in [-0.1, -0.05) is 18.2 Å². The molecule has 1 aromatic carbocycles. The average Bonchev–Trinajstić information content (AvgIpc) is 2.48. The van der Waals surface area contributed by atoms with Crippen LogP contribution in [0.15, 0.2) is 41.5 Å². The first-order valence-electron chi connectivity index (χ1n) is 5.88. The van der Waals surface area contributed by atoms with E-state index in [0.717, 1.165) is 0 Å². The molecule has 0 saturated carbocycles. The summed E-state index contributed by atoms with van der Waals surface area (Å²) in [6, 6.07) is 12.1. The van der Waals surface area contributed by atoms with Crippen LogP contribution in [0.3, 0.4) is 0 Å². The molecule has 0 saturated heterocycles. The third-order valence-electron chi connectivity index (χ3n) is 2.59. The number of rotatable bonds is 5. The zero-order valence-corrected chi connectivity index (χ0v) is 10.9. The van der Waals surface area contributed by atoms with Gasteiger partial charge in [-0.05, 0) is 18.2 Å². The number of carboxylic acid groups (broad SMARTS) is 1. The van der Waals surface area contributed by atoms with Crippen molar-refractivity contribution < 1.29 is 9.90 Å². The Morgan fingerprint density at radius 2 is 2.05 bits per heavy atom. The minimum atomic E-state index is -1.18. The highest BCUT2D eigenvalue weighted by molar-refractivity contribution is 5.95. The van der Waals surface area contributed by atoms with Crippen LogP contribution in [-0.2, 0) is 0 Å². The second-order valence-electron chi connectivity index (χ2n) is 3.96. The lowest BCUT2D eigenvalue weighted by atomic mass is 10.1. The number of pyridine rings is 1. The minimum absolute atomic E-state index is 0.0680. The number of nitriles is 1. The maximum atomic E-state index is 11.3. The maximum absolute atomic E-state index is 11.3. The molecule has 0 radical (unpaired) electrons. The van der Waals surface area contributed by atoms with E-state index in [1.165, 1.54) is 6.07 Å². The van der Waals surface area contributed by atoms with Crippen molar-refractivity contribution in [3.05, 3.63) is 47.5 Å². The minimum Gasteiger partial charge on any atom is -0.478 e. The van der Waals surface area contributed by atoms with E-state index in [4.69, 9.17) is 5.26 Å². The lowest BCUT2D eigenvalue weighted by Crippen LogP contribution is -2.08. The number of hydrazone groups is 1. The van der Waals surface area contributed by atoms with Crippen LogP contribution < -0.4 is 10.7 Å². The molecule has 0 atom stereocenters. The number of aromatic nitrogens is 1. The van der Waals surface area contributed by atoms with Gasteiger partial charge in [-0.15, -0.1) is 0 Å². The normalized spacial score (nSPS) is 9.48. The highest BCUT2D eigenvalue weighted by atomic mass is 16.4. The average molecular weight is 281 g/mol. The van der Waals surface area contributed by atoms with Crippen LogP contribution in [0.25, 0.3) is 0 Å². The molecule has 0 aliphatic rings. The van der Waals surface area contributed by atoms with Crippen molar-refractivity contribution in [1.82, 2.24) is 4.98 Å². The van der Waals surface area contributed by atoms with Crippen molar-refractivity contribution in [3.8, 4) is 6.07 Å². The van der Waals surface area contributed by atoms with Gasteiger partial charge in [-0.2, -0.15) is 10.4 Å². The molecular weight excluding hydrogens is 270 g/mol. The monoisotopic (exact) mass is 281 g/mol. The summed E-state index contributed by atoms with van der Waals surface area (Å²) in [6.45, 7) is 3.26. The molecule has 21 heavy (non-hydrogen) atoms. The Bertz CT molecular complexity index is 722. The standard InChI is InChI=1S/C14H11N5O2/c1-16-19-12-9(8-15)7-11(14(20)21)13(18-12)17-10-5-3-2-4-6-10/h2-7H,1H2,(H,20,21)(H2,17,18,19). The first-order valence-corrected chi connectivity index (χ1v) is 5.88. The molecule has 0 aliphatic heterocycles. The summed E-state index contributed by atoms with van der Waals surface area (Å²) in [5, 5.41) is 24.6. The summed E-state index contributed by atoms with van der Waals surface area (Å²) in [6.07, 6.45) is 0. The Hall–Kier alpha value is -3.40. The Balaban J connectivity index is 2.52. The highest BCUT2D eigenvalue weighted by Crippen LogP contribution is 2.24. The third-order valence-corrected chi connectivity index (χ3v) is 2.59. The molecule has 1 aromatic heterocycles. The third kappa shape index (κ3) is 3.13. The molecule has 0 amide bonds. The van der Waals surface area contributed by atoms with Gasteiger partial charge in [0, 0.05) is 12.4 Å². The number of carbonyl (C=O) groups is 1. The fourth-order valence-electron chi connectivity index (χ4n) is 1.68. The van der Waals surface area contributed by atoms with E-state index in [1.807, 2.05) is 12.1 Å². The number of para-hydroxylation sites is 1. The van der Waals surface area contributed by atoms with E-state index in [1.54, 1.807) is 24.3 Å². The van der Waals surface area contributed by atoms with E-state index < -0.39 is 5.97 Å². The van der Waals surface area contributed by atoms with Gasteiger partial charge in [0.15, 0.2) is 5.82 Å². The first-order chi connectivity index (χ1) is 10.2. The number of carboxylic acids is 1. The number of nitrogens with one attached hydrogen (secondary N) is 2. The predicted octanol–water partition coefficient (Wildman–Crippen LogP) is 2.42. The number of aromatic carboxylic acids is 1. The van der Waals surface area contributed by atoms with E-state index >= 15 is 0 Å². The Kier molecular flexibility index (Phi) is 4.11. The lowest BCUT2D eigenvalue weighted by Gasteiger charge is -2.11. The second-order valence-corrected chi connectivity index (χ2v) is 3.96. The van der Waals surface area contributed by atoms with Gasteiger partial charge >= 0.3 is 5.97 Å². The Labute approximate surface area is 120 Å². The van der Waals surface area contributed by atoms with Gasteiger partial charge in [0.25, 0.3) is 0 Å². The molecule has 2 aromatic rings. The number of hydrogen-bond acceptors (Lipinski definition) is 6. The number of hydrogen-bond donors (Lipinski definition) is 3. The molecule has 0 bridgehead atoms. The molecule has 0 unspecified atom stereocenters. The van der Waals surface area contributed by atoms with Crippen molar-refractivity contribution in [3.63, 3.8) is 0 Å². The molecule has 3 N–H and O–H groups in total. The Morgan fingerprint density at radius 1 is 1.33 bits per heavy atom. The maximum Gasteiger partial charge on any atom is 0.339 e. The van der Waals surface area contributed by atoms with Crippen LogP contribution in [-0.4, -0.2) is 22.8 Å². The van der Waals surface area contributed by atoms with Gasteiger partial charge in [0.2, 0.25) is 0 Å². The summed E-state index contributed by atoms with van der Waals surface area (Å²) in [5.41, 5.74) is 3.10. The topological polar surface area (TPSA) is 110 Å². The van der Waals surface area contributed by atoms with Crippen LogP contribution in [0.2, 0.25) is 0 Å². The number of nitrogens with zero attached hydrogens (tertiary/aromatic N) is 3. The molecule has 104 valence electrons. The first kappa shape index (κ1) is 14.0. The second kappa shape index (κ2) is 6.16. The van der Waals surface area contributed by atoms with E-state index in [0.29, 0.717) is 5.69 Å². The summed E-state index contributed by atoms with van der Waals surface area (Å²) < 4.78 is 0. The number of anilines is 3. The van der Waals surface area contributed by atoms with Gasteiger partial charge in [0.05, 0.1) is 5.56 Å². The van der Waals surface area contributed by atoms with Crippen molar-refractivity contribution in [2.75, 3.05) is 10.7 Å². The van der Waals surface area contributed by atoms with Crippen LogP contribution in [0.5, 0.6) is 0 Å². The van der Waals surface area contributed by atoms with Crippen molar-refractivity contribution in [2.24, 2.45) is 5.10 Å².